The number of carbonyl (C=O) groups excluding carboxylic acids is 1. The number of piperidine rings is 1. The second-order valence-electron chi connectivity index (χ2n) is 6.53. The first-order chi connectivity index (χ1) is 10.6. The summed E-state index contributed by atoms with van der Waals surface area (Å²) in [4.78, 5) is 14.6. The Morgan fingerprint density at radius 1 is 1.35 bits per heavy atom. The molecular formula is C18H29ClN2O2. The molecule has 0 spiro atoms. The maximum atomic E-state index is 12.6. The van der Waals surface area contributed by atoms with E-state index in [2.05, 4.69) is 19.2 Å². The van der Waals surface area contributed by atoms with Crippen LogP contribution in [0.4, 0.5) is 0 Å². The average Bonchev–Trinajstić information content (AvgIpc) is 2.53. The molecule has 130 valence electrons. The molecule has 1 fully saturated rings. The first-order valence-corrected chi connectivity index (χ1v) is 8.27. The molecule has 0 bridgehead atoms. The summed E-state index contributed by atoms with van der Waals surface area (Å²) in [7, 11) is 1.99. The Bertz CT molecular complexity index is 486. The Morgan fingerprint density at radius 3 is 2.65 bits per heavy atom. The van der Waals surface area contributed by atoms with Crippen LogP contribution in [0.15, 0.2) is 24.3 Å². The third kappa shape index (κ3) is 6.04. The third-order valence-corrected chi connectivity index (χ3v) is 4.06. The molecule has 0 saturated carbocycles. The number of hydrogen-bond acceptors (Lipinski definition) is 3. The smallest absolute Gasteiger partial charge is 0.253 e. The van der Waals surface area contributed by atoms with Crippen molar-refractivity contribution < 1.29 is 9.53 Å². The number of halogens is 1. The highest BCUT2D eigenvalue weighted by atomic mass is 35.5. The van der Waals surface area contributed by atoms with E-state index in [1.165, 1.54) is 0 Å². The molecule has 1 aromatic carbocycles. The molecule has 1 aromatic rings. The quantitative estimate of drug-likeness (QED) is 0.864. The summed E-state index contributed by atoms with van der Waals surface area (Å²) in [5.74, 6) is 2.07. The van der Waals surface area contributed by atoms with Gasteiger partial charge in [-0.05, 0) is 56.5 Å². The van der Waals surface area contributed by atoms with E-state index in [1.54, 1.807) is 0 Å². The Morgan fingerprint density at radius 2 is 2.04 bits per heavy atom. The number of nitrogens with one attached hydrogen (secondary N) is 1. The van der Waals surface area contributed by atoms with Crippen LogP contribution in [0, 0.1) is 11.8 Å². The lowest BCUT2D eigenvalue weighted by atomic mass is 9.96. The third-order valence-electron chi connectivity index (χ3n) is 4.06. The summed E-state index contributed by atoms with van der Waals surface area (Å²) in [5.41, 5.74) is 0.730. The standard InChI is InChI=1S/C18H28N2O2.ClH/c1-14(2)13-22-17-6-4-5-16(11-17)18(21)20-9-7-15(8-10-20)12-19-3;/h4-6,11,14-15,19H,7-10,12-13H2,1-3H3;1H. The molecule has 0 aromatic heterocycles. The highest BCUT2D eigenvalue weighted by Gasteiger charge is 2.23. The summed E-state index contributed by atoms with van der Waals surface area (Å²) in [6.07, 6.45) is 2.16. The number of benzene rings is 1. The molecule has 4 nitrogen and oxygen atoms in total. The number of ether oxygens (including phenoxy) is 1. The van der Waals surface area contributed by atoms with E-state index in [0.29, 0.717) is 18.4 Å². The van der Waals surface area contributed by atoms with Crippen LogP contribution in [0.5, 0.6) is 5.75 Å². The van der Waals surface area contributed by atoms with Gasteiger partial charge in [0.2, 0.25) is 0 Å². The molecule has 0 radical (unpaired) electrons. The minimum absolute atomic E-state index is 0. The van der Waals surface area contributed by atoms with Gasteiger partial charge in [0.1, 0.15) is 5.75 Å². The lowest BCUT2D eigenvalue weighted by Gasteiger charge is -2.32. The van der Waals surface area contributed by atoms with Gasteiger partial charge >= 0.3 is 0 Å². The van der Waals surface area contributed by atoms with Crippen molar-refractivity contribution in [2.24, 2.45) is 11.8 Å². The Balaban J connectivity index is 0.00000264. The number of nitrogens with zero attached hydrogens (tertiary/aromatic N) is 1. The molecule has 23 heavy (non-hydrogen) atoms. The maximum absolute atomic E-state index is 12.6. The van der Waals surface area contributed by atoms with E-state index in [4.69, 9.17) is 4.74 Å². The summed E-state index contributed by atoms with van der Waals surface area (Å²) in [6, 6.07) is 7.56. The first kappa shape index (κ1) is 19.8. The molecule has 1 heterocycles. The van der Waals surface area contributed by atoms with E-state index in [0.717, 1.165) is 43.8 Å². The van der Waals surface area contributed by atoms with Crippen LogP contribution in [0.1, 0.15) is 37.0 Å². The second kappa shape index (κ2) is 9.78. The van der Waals surface area contributed by atoms with Crippen molar-refractivity contribution in [1.29, 1.82) is 0 Å². The zero-order valence-electron chi connectivity index (χ0n) is 14.4. The number of rotatable bonds is 6. The molecule has 0 atom stereocenters. The fourth-order valence-corrected chi connectivity index (χ4v) is 2.79. The van der Waals surface area contributed by atoms with E-state index in [1.807, 2.05) is 36.2 Å². The van der Waals surface area contributed by atoms with Gasteiger partial charge < -0.3 is 15.0 Å². The summed E-state index contributed by atoms with van der Waals surface area (Å²) >= 11 is 0. The molecule has 1 aliphatic heterocycles. The Labute approximate surface area is 146 Å². The minimum Gasteiger partial charge on any atom is -0.493 e. The number of amides is 1. The molecule has 1 saturated heterocycles. The largest absolute Gasteiger partial charge is 0.493 e. The number of carbonyl (C=O) groups is 1. The average molecular weight is 341 g/mol. The van der Waals surface area contributed by atoms with Gasteiger partial charge in [0.25, 0.3) is 5.91 Å². The van der Waals surface area contributed by atoms with Crippen molar-refractivity contribution in [2.45, 2.75) is 26.7 Å². The molecule has 1 N–H and O–H groups in total. The number of hydrogen-bond donors (Lipinski definition) is 1. The van der Waals surface area contributed by atoms with Crippen molar-refractivity contribution in [3.63, 3.8) is 0 Å². The predicted molar refractivity (Wildman–Crippen MR) is 96.6 cm³/mol. The van der Waals surface area contributed by atoms with Gasteiger partial charge in [-0.2, -0.15) is 0 Å². The van der Waals surface area contributed by atoms with Crippen LogP contribution in [-0.2, 0) is 0 Å². The van der Waals surface area contributed by atoms with Gasteiger partial charge in [0.05, 0.1) is 6.61 Å². The SMILES string of the molecule is CNCC1CCN(C(=O)c2cccc(OCC(C)C)c2)CC1.Cl. The van der Waals surface area contributed by atoms with Crippen LogP contribution in [0.2, 0.25) is 0 Å². The van der Waals surface area contributed by atoms with Gasteiger partial charge in [0.15, 0.2) is 0 Å². The van der Waals surface area contributed by atoms with E-state index < -0.39 is 0 Å². The van der Waals surface area contributed by atoms with E-state index in [9.17, 15) is 4.79 Å². The monoisotopic (exact) mass is 340 g/mol. The van der Waals surface area contributed by atoms with Crippen LogP contribution in [0.3, 0.4) is 0 Å². The minimum atomic E-state index is 0. The molecule has 0 aliphatic carbocycles. The van der Waals surface area contributed by atoms with Gasteiger partial charge in [-0.3, -0.25) is 4.79 Å². The number of likely N-dealkylation sites (tertiary alicyclic amines) is 1. The van der Waals surface area contributed by atoms with Crippen LogP contribution >= 0.6 is 12.4 Å². The molecule has 1 amide bonds. The zero-order valence-corrected chi connectivity index (χ0v) is 15.2. The molecule has 1 aliphatic rings. The van der Waals surface area contributed by atoms with E-state index >= 15 is 0 Å². The van der Waals surface area contributed by atoms with Crippen molar-refractivity contribution in [3.8, 4) is 5.75 Å². The van der Waals surface area contributed by atoms with Crippen molar-refractivity contribution in [3.05, 3.63) is 29.8 Å². The lowest BCUT2D eigenvalue weighted by molar-refractivity contribution is 0.0690. The first-order valence-electron chi connectivity index (χ1n) is 8.27. The molecular weight excluding hydrogens is 312 g/mol. The van der Waals surface area contributed by atoms with Crippen LogP contribution < -0.4 is 10.1 Å². The van der Waals surface area contributed by atoms with E-state index in [-0.39, 0.29) is 18.3 Å². The fraction of sp³-hybridized carbons (Fsp3) is 0.611. The molecule has 5 heteroatoms. The molecule has 2 rings (SSSR count). The Kier molecular flexibility index (Phi) is 8.42. The molecule has 0 unspecified atom stereocenters. The van der Waals surface area contributed by atoms with Gasteiger partial charge in [-0.25, -0.2) is 0 Å². The van der Waals surface area contributed by atoms with Crippen molar-refractivity contribution in [1.82, 2.24) is 10.2 Å². The highest BCUT2D eigenvalue weighted by molar-refractivity contribution is 5.94. The highest BCUT2D eigenvalue weighted by Crippen LogP contribution is 2.20. The predicted octanol–water partition coefficient (Wildman–Crippen LogP) is 3.21. The van der Waals surface area contributed by atoms with Crippen molar-refractivity contribution >= 4 is 18.3 Å². The maximum Gasteiger partial charge on any atom is 0.253 e. The Hall–Kier alpha value is -1.26. The second-order valence-corrected chi connectivity index (χ2v) is 6.53. The summed E-state index contributed by atoms with van der Waals surface area (Å²) in [6.45, 7) is 7.65. The van der Waals surface area contributed by atoms with Gasteiger partial charge in [-0.1, -0.05) is 19.9 Å². The van der Waals surface area contributed by atoms with Crippen molar-refractivity contribution in [2.75, 3.05) is 33.3 Å². The van der Waals surface area contributed by atoms with Crippen LogP contribution in [-0.4, -0.2) is 44.1 Å². The van der Waals surface area contributed by atoms with Gasteiger partial charge in [0, 0.05) is 18.7 Å². The van der Waals surface area contributed by atoms with Crippen LogP contribution in [0.25, 0.3) is 0 Å². The lowest BCUT2D eigenvalue weighted by Crippen LogP contribution is -2.40. The summed E-state index contributed by atoms with van der Waals surface area (Å²) in [5, 5.41) is 3.22. The fourth-order valence-electron chi connectivity index (χ4n) is 2.79. The normalized spacial score (nSPS) is 15.4. The zero-order chi connectivity index (χ0) is 15.9. The topological polar surface area (TPSA) is 41.6 Å². The summed E-state index contributed by atoms with van der Waals surface area (Å²) < 4.78 is 5.72. The van der Waals surface area contributed by atoms with Gasteiger partial charge in [-0.15, -0.1) is 12.4 Å².